The monoisotopic (exact) mass is 293 g/mol. The second-order valence-electron chi connectivity index (χ2n) is 4.74. The van der Waals surface area contributed by atoms with Crippen molar-refractivity contribution in [3.05, 3.63) is 33.9 Å². The van der Waals surface area contributed by atoms with Gasteiger partial charge >= 0.3 is 0 Å². The predicted molar refractivity (Wildman–Crippen MR) is 73.4 cm³/mol. The molecule has 1 aliphatic rings. The average Bonchev–Trinajstić information content (AvgIpc) is 2.66. The van der Waals surface area contributed by atoms with Gasteiger partial charge in [0.1, 0.15) is 0 Å². The molecule has 1 aromatic heterocycles. The summed E-state index contributed by atoms with van der Waals surface area (Å²) in [7, 11) is 0. The van der Waals surface area contributed by atoms with E-state index in [0.29, 0.717) is 0 Å². The molecule has 1 aliphatic heterocycles. The van der Waals surface area contributed by atoms with E-state index in [9.17, 15) is 0 Å². The quantitative estimate of drug-likeness (QED) is 0.923. The molecular weight excluding hydrogens is 278 g/mol. The maximum Gasteiger partial charge on any atom is 0.0516 e. The number of aliphatic hydroxyl groups excluding tert-OH is 1. The third-order valence-corrected chi connectivity index (χ3v) is 4.01. The fraction of sp³-hybridized carbons (Fsp3) is 0.429. The third kappa shape index (κ3) is 1.91. The minimum atomic E-state index is 0.271. The smallest absolute Gasteiger partial charge is 0.0516 e. The van der Waals surface area contributed by atoms with Crippen molar-refractivity contribution in [1.82, 2.24) is 4.57 Å². The van der Waals surface area contributed by atoms with Crippen LogP contribution in [0.15, 0.2) is 22.8 Å². The number of benzene rings is 1. The standard InChI is InChI=1S/C14H16BrNO/c15-12-7-10-3-1-5-16-9-11(4-2-6-17)13(8-12)14(10)16/h7-9,17H,1-6H2. The molecule has 3 rings (SSSR count). The van der Waals surface area contributed by atoms with E-state index in [2.05, 4.69) is 38.8 Å². The van der Waals surface area contributed by atoms with Crippen molar-refractivity contribution in [3.8, 4) is 0 Å². The van der Waals surface area contributed by atoms with Crippen molar-refractivity contribution >= 4 is 26.8 Å². The van der Waals surface area contributed by atoms with Gasteiger partial charge in [-0.05, 0) is 48.9 Å². The molecule has 0 fully saturated rings. The summed E-state index contributed by atoms with van der Waals surface area (Å²) in [5, 5.41) is 10.3. The van der Waals surface area contributed by atoms with Crippen LogP contribution in [0.3, 0.4) is 0 Å². The van der Waals surface area contributed by atoms with Crippen LogP contribution in [0.4, 0.5) is 0 Å². The Kier molecular flexibility index (Phi) is 2.97. The van der Waals surface area contributed by atoms with E-state index >= 15 is 0 Å². The van der Waals surface area contributed by atoms with Crippen LogP contribution in [-0.4, -0.2) is 16.3 Å². The first-order valence-electron chi connectivity index (χ1n) is 6.20. The van der Waals surface area contributed by atoms with Crippen molar-refractivity contribution in [1.29, 1.82) is 0 Å². The van der Waals surface area contributed by atoms with Crippen molar-refractivity contribution < 1.29 is 5.11 Å². The number of hydrogen-bond donors (Lipinski definition) is 1. The molecule has 0 amide bonds. The van der Waals surface area contributed by atoms with Crippen LogP contribution in [0.25, 0.3) is 10.9 Å². The van der Waals surface area contributed by atoms with Gasteiger partial charge in [0.15, 0.2) is 0 Å². The van der Waals surface area contributed by atoms with E-state index in [1.807, 2.05) is 0 Å². The summed E-state index contributed by atoms with van der Waals surface area (Å²) in [6.07, 6.45) is 6.50. The number of halogens is 1. The first kappa shape index (κ1) is 11.3. The zero-order chi connectivity index (χ0) is 11.8. The Morgan fingerprint density at radius 3 is 3.06 bits per heavy atom. The second kappa shape index (κ2) is 4.46. The van der Waals surface area contributed by atoms with Gasteiger partial charge in [0.2, 0.25) is 0 Å². The molecule has 3 heteroatoms. The van der Waals surface area contributed by atoms with Crippen LogP contribution >= 0.6 is 15.9 Å². The molecule has 2 nitrogen and oxygen atoms in total. The molecule has 0 aliphatic carbocycles. The van der Waals surface area contributed by atoms with Crippen LogP contribution in [0.5, 0.6) is 0 Å². The molecule has 0 bridgehead atoms. The molecule has 0 radical (unpaired) electrons. The highest BCUT2D eigenvalue weighted by atomic mass is 79.9. The molecule has 2 heterocycles. The summed E-state index contributed by atoms with van der Waals surface area (Å²) in [4.78, 5) is 0. The number of aliphatic hydroxyl groups is 1. The van der Waals surface area contributed by atoms with Crippen molar-refractivity contribution in [2.24, 2.45) is 0 Å². The van der Waals surface area contributed by atoms with Gasteiger partial charge in [0, 0.05) is 29.2 Å². The lowest BCUT2D eigenvalue weighted by Crippen LogP contribution is -2.06. The molecule has 90 valence electrons. The molecule has 1 aromatic carbocycles. The lowest BCUT2D eigenvalue weighted by atomic mass is 10.0. The van der Waals surface area contributed by atoms with Gasteiger partial charge in [-0.25, -0.2) is 0 Å². The molecule has 17 heavy (non-hydrogen) atoms. The van der Waals surface area contributed by atoms with Crippen molar-refractivity contribution in [2.75, 3.05) is 6.61 Å². The largest absolute Gasteiger partial charge is 0.396 e. The van der Waals surface area contributed by atoms with Gasteiger partial charge in [-0.2, -0.15) is 0 Å². The van der Waals surface area contributed by atoms with Crippen molar-refractivity contribution in [2.45, 2.75) is 32.2 Å². The highest BCUT2D eigenvalue weighted by molar-refractivity contribution is 9.10. The second-order valence-corrected chi connectivity index (χ2v) is 5.66. The van der Waals surface area contributed by atoms with Gasteiger partial charge in [-0.1, -0.05) is 15.9 Å². The number of nitrogens with zero attached hydrogens (tertiary/aromatic N) is 1. The number of hydrogen-bond acceptors (Lipinski definition) is 1. The highest BCUT2D eigenvalue weighted by Crippen LogP contribution is 2.33. The zero-order valence-electron chi connectivity index (χ0n) is 9.75. The molecule has 0 atom stereocenters. The molecule has 0 saturated heterocycles. The van der Waals surface area contributed by atoms with Gasteiger partial charge in [-0.3, -0.25) is 0 Å². The van der Waals surface area contributed by atoms with E-state index < -0.39 is 0 Å². The third-order valence-electron chi connectivity index (χ3n) is 3.55. The molecule has 0 spiro atoms. The van der Waals surface area contributed by atoms with Crippen molar-refractivity contribution in [3.63, 3.8) is 0 Å². The first-order chi connectivity index (χ1) is 8.29. The summed E-state index contributed by atoms with van der Waals surface area (Å²) >= 11 is 3.60. The van der Waals surface area contributed by atoms with Gasteiger partial charge < -0.3 is 9.67 Å². The molecule has 2 aromatic rings. The molecule has 0 saturated carbocycles. The van der Waals surface area contributed by atoms with Gasteiger partial charge in [0.05, 0.1) is 5.52 Å². The van der Waals surface area contributed by atoms with Crippen LogP contribution in [0, 0.1) is 0 Å². The summed E-state index contributed by atoms with van der Waals surface area (Å²) in [5.74, 6) is 0. The SMILES string of the molecule is OCCCc1cn2c3c(cc(Br)cc13)CCC2. The normalized spacial score (nSPS) is 14.5. The lowest BCUT2D eigenvalue weighted by Gasteiger charge is -2.15. The maximum atomic E-state index is 8.97. The fourth-order valence-corrected chi connectivity index (χ4v) is 3.34. The van der Waals surface area contributed by atoms with Crippen LogP contribution < -0.4 is 0 Å². The minimum Gasteiger partial charge on any atom is -0.396 e. The topological polar surface area (TPSA) is 25.2 Å². The Hall–Kier alpha value is -0.800. The van der Waals surface area contributed by atoms with Gasteiger partial charge in [-0.15, -0.1) is 0 Å². The van der Waals surface area contributed by atoms with E-state index in [4.69, 9.17) is 5.11 Å². The lowest BCUT2D eigenvalue weighted by molar-refractivity contribution is 0.288. The van der Waals surface area contributed by atoms with E-state index in [1.165, 1.54) is 39.3 Å². The molecule has 1 N–H and O–H groups in total. The summed E-state index contributed by atoms with van der Waals surface area (Å²) < 4.78 is 3.55. The molecular formula is C14H16BrNO. The van der Waals surface area contributed by atoms with E-state index in [-0.39, 0.29) is 6.61 Å². The first-order valence-corrected chi connectivity index (χ1v) is 7.00. The Morgan fingerprint density at radius 1 is 1.35 bits per heavy atom. The Morgan fingerprint density at radius 2 is 2.24 bits per heavy atom. The number of rotatable bonds is 3. The van der Waals surface area contributed by atoms with Gasteiger partial charge in [0.25, 0.3) is 0 Å². The van der Waals surface area contributed by atoms with E-state index in [1.54, 1.807) is 0 Å². The number of aromatic nitrogens is 1. The number of aryl methyl sites for hydroxylation is 3. The minimum absolute atomic E-state index is 0.271. The Bertz CT molecular complexity index is 559. The summed E-state index contributed by atoms with van der Waals surface area (Å²) in [6.45, 7) is 1.40. The zero-order valence-corrected chi connectivity index (χ0v) is 11.3. The Balaban J connectivity index is 2.18. The molecule has 0 unspecified atom stereocenters. The van der Waals surface area contributed by atoms with E-state index in [0.717, 1.165) is 19.4 Å². The summed E-state index contributed by atoms with van der Waals surface area (Å²) in [6, 6.07) is 4.46. The highest BCUT2D eigenvalue weighted by Gasteiger charge is 2.16. The average molecular weight is 294 g/mol. The van der Waals surface area contributed by atoms with Crippen LogP contribution in [-0.2, 0) is 19.4 Å². The maximum absolute atomic E-state index is 8.97. The fourth-order valence-electron chi connectivity index (χ4n) is 2.84. The summed E-state index contributed by atoms with van der Waals surface area (Å²) in [5.41, 5.74) is 4.24. The van der Waals surface area contributed by atoms with Crippen LogP contribution in [0.1, 0.15) is 24.0 Å². The Labute approximate surface area is 109 Å². The predicted octanol–water partition coefficient (Wildman–Crippen LogP) is 3.27. The van der Waals surface area contributed by atoms with Crippen LogP contribution in [0.2, 0.25) is 0 Å².